The first kappa shape index (κ1) is 13.2. The van der Waals surface area contributed by atoms with Crippen molar-refractivity contribution in [1.82, 2.24) is 10.3 Å². The third-order valence-electron chi connectivity index (χ3n) is 3.09. The maximum atomic E-state index is 5.64. The average molecular weight is 221 g/mol. The van der Waals surface area contributed by atoms with E-state index in [2.05, 4.69) is 56.5 Å². The van der Waals surface area contributed by atoms with Crippen molar-refractivity contribution in [3.05, 3.63) is 34.9 Å². The maximum absolute atomic E-state index is 5.64. The van der Waals surface area contributed by atoms with Crippen LogP contribution in [0.1, 0.15) is 29.2 Å². The lowest BCUT2D eigenvalue weighted by atomic mass is 9.96. The smallest absolute Gasteiger partial charge is 0.0474 e. The topological polar surface area (TPSA) is 41.3 Å². The minimum atomic E-state index is 0.238. The Labute approximate surface area is 98.6 Å². The van der Waals surface area contributed by atoms with Crippen molar-refractivity contribution >= 4 is 0 Å². The van der Waals surface area contributed by atoms with Gasteiger partial charge in [-0.25, -0.2) is 0 Å². The van der Waals surface area contributed by atoms with Crippen LogP contribution in [0.3, 0.4) is 0 Å². The standard InChI is InChI=1S/C13H23N3/c1-10-6-5-7-12(11(10)2)13(15-14)8-9-16(3)4/h5-7,13,15H,8-9,14H2,1-4H3. The summed E-state index contributed by atoms with van der Waals surface area (Å²) in [6.07, 6.45) is 1.02. The summed E-state index contributed by atoms with van der Waals surface area (Å²) in [7, 11) is 4.16. The summed E-state index contributed by atoms with van der Waals surface area (Å²) in [5.74, 6) is 5.64. The normalized spacial score (nSPS) is 13.1. The van der Waals surface area contributed by atoms with Gasteiger partial charge in [-0.05, 0) is 57.6 Å². The van der Waals surface area contributed by atoms with Crippen LogP contribution in [0.2, 0.25) is 0 Å². The van der Waals surface area contributed by atoms with E-state index < -0.39 is 0 Å². The largest absolute Gasteiger partial charge is 0.309 e. The van der Waals surface area contributed by atoms with Gasteiger partial charge in [0.2, 0.25) is 0 Å². The zero-order valence-electron chi connectivity index (χ0n) is 10.7. The quantitative estimate of drug-likeness (QED) is 0.588. The van der Waals surface area contributed by atoms with Crippen LogP contribution in [0.25, 0.3) is 0 Å². The molecule has 0 radical (unpaired) electrons. The van der Waals surface area contributed by atoms with E-state index in [0.717, 1.165) is 13.0 Å². The summed E-state index contributed by atoms with van der Waals surface area (Å²) < 4.78 is 0. The molecule has 90 valence electrons. The number of hydrogen-bond acceptors (Lipinski definition) is 3. The number of aryl methyl sites for hydroxylation is 1. The summed E-state index contributed by atoms with van der Waals surface area (Å²) in [5.41, 5.74) is 6.88. The van der Waals surface area contributed by atoms with E-state index in [1.807, 2.05) is 0 Å². The van der Waals surface area contributed by atoms with E-state index >= 15 is 0 Å². The maximum Gasteiger partial charge on any atom is 0.0474 e. The van der Waals surface area contributed by atoms with Gasteiger partial charge < -0.3 is 4.90 Å². The number of nitrogens with two attached hydrogens (primary N) is 1. The molecule has 3 N–H and O–H groups in total. The molecular formula is C13H23N3. The van der Waals surface area contributed by atoms with Crippen LogP contribution < -0.4 is 11.3 Å². The van der Waals surface area contributed by atoms with Crippen molar-refractivity contribution in [3.63, 3.8) is 0 Å². The number of hydrogen-bond donors (Lipinski definition) is 2. The lowest BCUT2D eigenvalue weighted by molar-refractivity contribution is 0.362. The fourth-order valence-electron chi connectivity index (χ4n) is 1.87. The molecule has 0 aromatic heterocycles. The summed E-state index contributed by atoms with van der Waals surface area (Å²) in [5, 5.41) is 0. The second-order valence-electron chi connectivity index (χ2n) is 4.60. The number of nitrogens with one attached hydrogen (secondary N) is 1. The van der Waals surface area contributed by atoms with Crippen LogP contribution in [0.5, 0.6) is 0 Å². The van der Waals surface area contributed by atoms with E-state index in [1.165, 1.54) is 16.7 Å². The highest BCUT2D eigenvalue weighted by molar-refractivity contribution is 5.35. The molecule has 3 nitrogen and oxygen atoms in total. The molecule has 0 aliphatic heterocycles. The molecule has 0 bridgehead atoms. The third-order valence-corrected chi connectivity index (χ3v) is 3.09. The zero-order chi connectivity index (χ0) is 12.1. The Hall–Kier alpha value is -0.900. The SMILES string of the molecule is Cc1cccc(C(CCN(C)C)NN)c1C. The number of benzene rings is 1. The average Bonchev–Trinajstić information content (AvgIpc) is 2.24. The van der Waals surface area contributed by atoms with Crippen molar-refractivity contribution in [3.8, 4) is 0 Å². The summed E-state index contributed by atoms with van der Waals surface area (Å²) in [6, 6.07) is 6.63. The van der Waals surface area contributed by atoms with E-state index in [9.17, 15) is 0 Å². The van der Waals surface area contributed by atoms with Gasteiger partial charge >= 0.3 is 0 Å². The fourth-order valence-corrected chi connectivity index (χ4v) is 1.87. The molecule has 0 heterocycles. The Morgan fingerprint density at radius 1 is 1.31 bits per heavy atom. The van der Waals surface area contributed by atoms with Gasteiger partial charge in [0.25, 0.3) is 0 Å². The zero-order valence-corrected chi connectivity index (χ0v) is 10.7. The molecule has 1 aromatic rings. The Morgan fingerprint density at radius 3 is 2.56 bits per heavy atom. The predicted molar refractivity (Wildman–Crippen MR) is 69.2 cm³/mol. The predicted octanol–water partition coefficient (Wildman–Crippen LogP) is 1.76. The molecule has 0 amide bonds. The molecule has 1 atom stereocenters. The van der Waals surface area contributed by atoms with Gasteiger partial charge in [0.1, 0.15) is 0 Å². The third kappa shape index (κ3) is 3.30. The van der Waals surface area contributed by atoms with Gasteiger partial charge in [0, 0.05) is 6.04 Å². The van der Waals surface area contributed by atoms with Crippen LogP contribution in [0.4, 0.5) is 0 Å². The van der Waals surface area contributed by atoms with Gasteiger partial charge in [-0.1, -0.05) is 18.2 Å². The molecule has 1 rings (SSSR count). The Kier molecular flexibility index (Phi) is 4.93. The molecule has 0 aliphatic rings. The highest BCUT2D eigenvalue weighted by Gasteiger charge is 2.12. The summed E-state index contributed by atoms with van der Waals surface area (Å²) >= 11 is 0. The van der Waals surface area contributed by atoms with Crippen LogP contribution in [-0.4, -0.2) is 25.5 Å². The van der Waals surface area contributed by atoms with E-state index in [-0.39, 0.29) is 6.04 Å². The molecular weight excluding hydrogens is 198 g/mol. The van der Waals surface area contributed by atoms with E-state index in [0.29, 0.717) is 0 Å². The van der Waals surface area contributed by atoms with Crippen molar-refractivity contribution in [2.24, 2.45) is 5.84 Å². The van der Waals surface area contributed by atoms with E-state index in [4.69, 9.17) is 5.84 Å². The second kappa shape index (κ2) is 5.99. The van der Waals surface area contributed by atoms with Gasteiger partial charge in [-0.15, -0.1) is 0 Å². The number of nitrogens with zero attached hydrogens (tertiary/aromatic N) is 1. The molecule has 0 aliphatic carbocycles. The molecule has 16 heavy (non-hydrogen) atoms. The Balaban J connectivity index is 2.82. The highest BCUT2D eigenvalue weighted by atomic mass is 15.2. The van der Waals surface area contributed by atoms with Gasteiger partial charge in [-0.2, -0.15) is 0 Å². The van der Waals surface area contributed by atoms with Crippen LogP contribution in [-0.2, 0) is 0 Å². The summed E-state index contributed by atoms with van der Waals surface area (Å²) in [6.45, 7) is 5.32. The molecule has 0 fully saturated rings. The molecule has 3 heteroatoms. The molecule has 1 aromatic carbocycles. The Morgan fingerprint density at radius 2 is 2.00 bits per heavy atom. The first-order valence-electron chi connectivity index (χ1n) is 5.73. The van der Waals surface area contributed by atoms with Crippen LogP contribution in [0.15, 0.2) is 18.2 Å². The first-order chi connectivity index (χ1) is 7.56. The lowest BCUT2D eigenvalue weighted by Crippen LogP contribution is -2.31. The van der Waals surface area contributed by atoms with Crippen molar-refractivity contribution < 1.29 is 0 Å². The van der Waals surface area contributed by atoms with E-state index in [1.54, 1.807) is 0 Å². The second-order valence-corrected chi connectivity index (χ2v) is 4.60. The number of hydrazine groups is 1. The molecule has 1 unspecified atom stereocenters. The fraction of sp³-hybridized carbons (Fsp3) is 0.538. The van der Waals surface area contributed by atoms with Crippen molar-refractivity contribution in [2.45, 2.75) is 26.3 Å². The van der Waals surface area contributed by atoms with Gasteiger partial charge in [0.05, 0.1) is 0 Å². The lowest BCUT2D eigenvalue weighted by Gasteiger charge is -2.21. The monoisotopic (exact) mass is 221 g/mol. The van der Waals surface area contributed by atoms with Crippen LogP contribution >= 0.6 is 0 Å². The highest BCUT2D eigenvalue weighted by Crippen LogP contribution is 2.22. The van der Waals surface area contributed by atoms with Gasteiger partial charge in [-0.3, -0.25) is 11.3 Å². The Bertz CT molecular complexity index is 334. The first-order valence-corrected chi connectivity index (χ1v) is 5.73. The van der Waals surface area contributed by atoms with Crippen molar-refractivity contribution in [1.29, 1.82) is 0 Å². The van der Waals surface area contributed by atoms with Crippen LogP contribution in [0, 0.1) is 13.8 Å². The molecule has 0 saturated heterocycles. The summed E-state index contributed by atoms with van der Waals surface area (Å²) in [4.78, 5) is 2.18. The molecule has 0 spiro atoms. The minimum Gasteiger partial charge on any atom is -0.309 e. The van der Waals surface area contributed by atoms with Gasteiger partial charge in [0.15, 0.2) is 0 Å². The van der Waals surface area contributed by atoms with Crippen molar-refractivity contribution in [2.75, 3.05) is 20.6 Å². The number of rotatable bonds is 5. The minimum absolute atomic E-state index is 0.238. The molecule has 0 saturated carbocycles.